The lowest BCUT2D eigenvalue weighted by Gasteiger charge is -2.24. The molecular formula is C17H17N7. The van der Waals surface area contributed by atoms with Gasteiger partial charge in [-0.05, 0) is 31.5 Å². The summed E-state index contributed by atoms with van der Waals surface area (Å²) in [5.41, 5.74) is 2.92. The number of rotatable bonds is 3. The van der Waals surface area contributed by atoms with E-state index in [0.29, 0.717) is 11.6 Å². The van der Waals surface area contributed by atoms with Gasteiger partial charge >= 0.3 is 0 Å². The van der Waals surface area contributed by atoms with Gasteiger partial charge < -0.3 is 10.6 Å². The van der Waals surface area contributed by atoms with Crippen molar-refractivity contribution in [3.05, 3.63) is 42.5 Å². The van der Waals surface area contributed by atoms with Crippen molar-refractivity contribution in [1.29, 1.82) is 5.26 Å². The van der Waals surface area contributed by atoms with Crippen LogP contribution in [0.5, 0.6) is 0 Å². The molecule has 3 aromatic rings. The largest absolute Gasteiger partial charge is 0.365 e. The fraction of sp³-hybridized carbons (Fsp3) is 0.294. The molecule has 7 nitrogen and oxygen atoms in total. The summed E-state index contributed by atoms with van der Waals surface area (Å²) >= 11 is 0. The summed E-state index contributed by atoms with van der Waals surface area (Å²) < 4.78 is 1.91. The van der Waals surface area contributed by atoms with Gasteiger partial charge in [-0.1, -0.05) is 0 Å². The molecule has 0 spiro atoms. The first kappa shape index (κ1) is 14.6. The monoisotopic (exact) mass is 319 g/mol. The van der Waals surface area contributed by atoms with Crippen LogP contribution in [-0.4, -0.2) is 38.5 Å². The van der Waals surface area contributed by atoms with E-state index in [2.05, 4.69) is 31.7 Å². The van der Waals surface area contributed by atoms with Gasteiger partial charge in [0.2, 0.25) is 0 Å². The van der Waals surface area contributed by atoms with Crippen molar-refractivity contribution in [2.45, 2.75) is 18.9 Å². The molecule has 0 radical (unpaired) electrons. The number of nitrogens with one attached hydrogen (secondary N) is 2. The van der Waals surface area contributed by atoms with Gasteiger partial charge in [-0.3, -0.25) is 9.38 Å². The molecule has 1 aliphatic rings. The van der Waals surface area contributed by atoms with Gasteiger partial charge in [0.1, 0.15) is 17.2 Å². The molecule has 0 aromatic carbocycles. The highest BCUT2D eigenvalue weighted by atomic mass is 15.1. The van der Waals surface area contributed by atoms with Crippen LogP contribution in [-0.2, 0) is 0 Å². The van der Waals surface area contributed by atoms with Crippen LogP contribution < -0.4 is 10.6 Å². The van der Waals surface area contributed by atoms with Gasteiger partial charge in [0.05, 0.1) is 35.9 Å². The number of imidazole rings is 1. The maximum absolute atomic E-state index is 8.99. The molecule has 120 valence electrons. The molecule has 3 aromatic heterocycles. The maximum atomic E-state index is 8.99. The average Bonchev–Trinajstić information content (AvgIpc) is 3.06. The molecule has 0 unspecified atom stereocenters. The third-order valence-corrected chi connectivity index (χ3v) is 4.19. The van der Waals surface area contributed by atoms with Crippen LogP contribution in [0.25, 0.3) is 17.0 Å². The van der Waals surface area contributed by atoms with Gasteiger partial charge in [0.15, 0.2) is 0 Å². The van der Waals surface area contributed by atoms with Gasteiger partial charge in [-0.15, -0.1) is 0 Å². The molecule has 2 N–H and O–H groups in total. The van der Waals surface area contributed by atoms with Crippen molar-refractivity contribution in [1.82, 2.24) is 24.7 Å². The van der Waals surface area contributed by atoms with Crippen LogP contribution in [0.15, 0.2) is 36.9 Å². The minimum atomic E-state index is 0.378. The van der Waals surface area contributed by atoms with E-state index in [1.807, 2.05) is 10.6 Å². The third kappa shape index (κ3) is 2.79. The molecule has 4 rings (SSSR count). The molecule has 0 bridgehead atoms. The molecule has 1 saturated heterocycles. The van der Waals surface area contributed by atoms with Crippen molar-refractivity contribution in [3.8, 4) is 17.5 Å². The molecular weight excluding hydrogens is 302 g/mol. The van der Waals surface area contributed by atoms with Gasteiger partial charge in [0, 0.05) is 18.8 Å². The molecule has 24 heavy (non-hydrogen) atoms. The Morgan fingerprint density at radius 1 is 1.33 bits per heavy atom. The molecule has 1 aliphatic heterocycles. The molecule has 1 atom stereocenters. The molecule has 0 saturated carbocycles. The fourth-order valence-corrected chi connectivity index (χ4v) is 2.98. The molecule has 0 aliphatic carbocycles. The lowest BCUT2D eigenvalue weighted by molar-refractivity contribution is 0.479. The van der Waals surface area contributed by atoms with Gasteiger partial charge in [-0.25, -0.2) is 9.97 Å². The molecule has 0 amide bonds. The first-order valence-electron chi connectivity index (χ1n) is 8.00. The third-order valence-electron chi connectivity index (χ3n) is 4.19. The Bertz CT molecular complexity index is 903. The standard InChI is InChI=1S/C17H17N7/c18-7-12-3-5-24-15(10-21-17(24)6-12)14-9-20-11-16(23-14)22-13-2-1-4-19-8-13/h3,5-6,9-11,13,19H,1-2,4,8H2,(H,22,23)/t13-/m1/s1. The normalized spacial score (nSPS) is 17.5. The van der Waals surface area contributed by atoms with Crippen molar-refractivity contribution < 1.29 is 0 Å². The first-order chi connectivity index (χ1) is 11.8. The fourth-order valence-electron chi connectivity index (χ4n) is 2.98. The number of hydrogen-bond donors (Lipinski definition) is 2. The van der Waals surface area contributed by atoms with Crippen LogP contribution in [0.4, 0.5) is 5.82 Å². The highest BCUT2D eigenvalue weighted by Crippen LogP contribution is 2.20. The number of aromatic nitrogens is 4. The van der Waals surface area contributed by atoms with E-state index in [9.17, 15) is 0 Å². The van der Waals surface area contributed by atoms with Crippen molar-refractivity contribution >= 4 is 11.5 Å². The number of hydrogen-bond acceptors (Lipinski definition) is 6. The van der Waals surface area contributed by atoms with E-state index < -0.39 is 0 Å². The Morgan fingerprint density at radius 2 is 2.29 bits per heavy atom. The van der Waals surface area contributed by atoms with E-state index >= 15 is 0 Å². The van der Waals surface area contributed by atoms with Crippen LogP contribution in [0.2, 0.25) is 0 Å². The van der Waals surface area contributed by atoms with E-state index in [1.54, 1.807) is 30.7 Å². The maximum Gasteiger partial charge on any atom is 0.145 e. The minimum absolute atomic E-state index is 0.378. The SMILES string of the molecule is N#Cc1ccn2c(-c3cncc(N[C@@H]4CCCNC4)n3)cnc2c1. The molecule has 4 heterocycles. The van der Waals surface area contributed by atoms with Crippen molar-refractivity contribution in [3.63, 3.8) is 0 Å². The smallest absolute Gasteiger partial charge is 0.145 e. The number of nitriles is 1. The lowest BCUT2D eigenvalue weighted by Crippen LogP contribution is -2.38. The second-order valence-corrected chi connectivity index (χ2v) is 5.88. The number of anilines is 1. The number of nitrogens with zero attached hydrogens (tertiary/aromatic N) is 5. The van der Waals surface area contributed by atoms with Crippen LogP contribution in [0.1, 0.15) is 18.4 Å². The Hall–Kier alpha value is -2.98. The highest BCUT2D eigenvalue weighted by molar-refractivity contribution is 5.62. The van der Waals surface area contributed by atoms with Crippen LogP contribution >= 0.6 is 0 Å². The van der Waals surface area contributed by atoms with E-state index in [1.165, 1.54) is 6.42 Å². The predicted molar refractivity (Wildman–Crippen MR) is 90.4 cm³/mol. The highest BCUT2D eigenvalue weighted by Gasteiger charge is 2.14. The van der Waals surface area contributed by atoms with E-state index in [0.717, 1.165) is 42.4 Å². The summed E-state index contributed by atoms with van der Waals surface area (Å²) in [6.45, 7) is 2.02. The summed E-state index contributed by atoms with van der Waals surface area (Å²) in [6, 6.07) is 6.03. The summed E-state index contributed by atoms with van der Waals surface area (Å²) in [4.78, 5) is 13.3. The Balaban J connectivity index is 1.64. The quantitative estimate of drug-likeness (QED) is 0.765. The van der Waals surface area contributed by atoms with Crippen molar-refractivity contribution in [2.75, 3.05) is 18.4 Å². The van der Waals surface area contributed by atoms with E-state index in [-0.39, 0.29) is 0 Å². The molecule has 1 fully saturated rings. The van der Waals surface area contributed by atoms with E-state index in [4.69, 9.17) is 5.26 Å². The Kier molecular flexibility index (Phi) is 3.81. The predicted octanol–water partition coefficient (Wildman–Crippen LogP) is 1.83. The number of piperidine rings is 1. The first-order valence-corrected chi connectivity index (χ1v) is 8.00. The van der Waals surface area contributed by atoms with Gasteiger partial charge in [0.25, 0.3) is 0 Å². The second kappa shape index (κ2) is 6.26. The second-order valence-electron chi connectivity index (χ2n) is 5.88. The van der Waals surface area contributed by atoms with Crippen LogP contribution in [0, 0.1) is 11.3 Å². The summed E-state index contributed by atoms with van der Waals surface area (Å²) in [5.74, 6) is 0.768. The zero-order valence-corrected chi connectivity index (χ0v) is 13.1. The summed E-state index contributed by atoms with van der Waals surface area (Å²) in [5, 5.41) is 15.8. The Morgan fingerprint density at radius 3 is 3.12 bits per heavy atom. The summed E-state index contributed by atoms with van der Waals surface area (Å²) in [6.07, 6.45) is 9.36. The topological polar surface area (TPSA) is 90.9 Å². The number of fused-ring (bicyclic) bond motifs is 1. The van der Waals surface area contributed by atoms with Gasteiger partial charge in [-0.2, -0.15) is 5.26 Å². The summed E-state index contributed by atoms with van der Waals surface area (Å²) in [7, 11) is 0. The number of pyridine rings is 1. The lowest BCUT2D eigenvalue weighted by atomic mass is 10.1. The zero-order valence-electron chi connectivity index (χ0n) is 13.1. The minimum Gasteiger partial charge on any atom is -0.365 e. The van der Waals surface area contributed by atoms with Crippen LogP contribution in [0.3, 0.4) is 0 Å². The zero-order chi connectivity index (χ0) is 16.4. The van der Waals surface area contributed by atoms with Crippen molar-refractivity contribution in [2.24, 2.45) is 0 Å². The average molecular weight is 319 g/mol. The Labute approximate surface area is 139 Å². The molecule has 7 heteroatoms.